The van der Waals surface area contributed by atoms with Gasteiger partial charge in [0.05, 0.1) is 5.92 Å². The van der Waals surface area contributed by atoms with E-state index in [1.54, 1.807) is 6.20 Å². The molecule has 78 valence electrons. The fourth-order valence-electron chi connectivity index (χ4n) is 3.46. The van der Waals surface area contributed by atoms with Gasteiger partial charge < -0.3 is 5.11 Å². The maximum absolute atomic E-state index is 11.2. The van der Waals surface area contributed by atoms with Crippen LogP contribution in [0.3, 0.4) is 0 Å². The topological polar surface area (TPSA) is 50.2 Å². The largest absolute Gasteiger partial charge is 0.481 e. The molecule has 0 aliphatic heterocycles. The number of nitrogens with zero attached hydrogens (tertiary/aromatic N) is 1. The molecule has 1 heterocycles. The first-order valence-electron chi connectivity index (χ1n) is 5.38. The minimum atomic E-state index is -0.644. The van der Waals surface area contributed by atoms with Crippen LogP contribution in [0.2, 0.25) is 0 Å². The van der Waals surface area contributed by atoms with Crippen LogP contribution in [0.25, 0.3) is 0 Å². The molecule has 3 nitrogen and oxygen atoms in total. The van der Waals surface area contributed by atoms with E-state index in [-0.39, 0.29) is 11.3 Å². The van der Waals surface area contributed by atoms with Crippen LogP contribution in [0, 0.1) is 11.8 Å². The minimum absolute atomic E-state index is 0.141. The number of fused-ring (bicyclic) bond motifs is 1. The lowest BCUT2D eigenvalue weighted by Crippen LogP contribution is -2.48. The molecule has 4 rings (SSSR count). The van der Waals surface area contributed by atoms with Gasteiger partial charge in [0, 0.05) is 17.3 Å². The van der Waals surface area contributed by atoms with Gasteiger partial charge in [0.15, 0.2) is 0 Å². The zero-order valence-corrected chi connectivity index (χ0v) is 8.39. The number of carboxylic acids is 1. The van der Waals surface area contributed by atoms with Crippen LogP contribution in [0.5, 0.6) is 0 Å². The Bertz CT molecular complexity index is 399. The number of hydrogen-bond acceptors (Lipinski definition) is 2. The minimum Gasteiger partial charge on any atom is -0.481 e. The van der Waals surface area contributed by atoms with Crippen LogP contribution in [0.15, 0.2) is 24.4 Å². The van der Waals surface area contributed by atoms with Crippen molar-refractivity contribution in [1.82, 2.24) is 4.98 Å². The van der Waals surface area contributed by atoms with E-state index >= 15 is 0 Å². The quantitative estimate of drug-likeness (QED) is 0.797. The Morgan fingerprint density at radius 3 is 3.00 bits per heavy atom. The summed E-state index contributed by atoms with van der Waals surface area (Å²) in [7, 11) is 0. The summed E-state index contributed by atoms with van der Waals surface area (Å²) in [6, 6.07) is 5.79. The number of aliphatic carboxylic acids is 1. The predicted molar refractivity (Wildman–Crippen MR) is 54.4 cm³/mol. The third-order valence-electron chi connectivity index (χ3n) is 4.10. The molecule has 3 aliphatic rings. The van der Waals surface area contributed by atoms with Gasteiger partial charge in [-0.3, -0.25) is 9.78 Å². The van der Waals surface area contributed by atoms with Gasteiger partial charge in [-0.1, -0.05) is 6.07 Å². The van der Waals surface area contributed by atoms with Crippen molar-refractivity contribution in [2.75, 3.05) is 0 Å². The molecule has 1 aromatic rings. The summed E-state index contributed by atoms with van der Waals surface area (Å²) in [5, 5.41) is 9.21. The van der Waals surface area contributed by atoms with Crippen molar-refractivity contribution in [3.63, 3.8) is 0 Å². The zero-order valence-electron chi connectivity index (χ0n) is 8.39. The Hall–Kier alpha value is -1.38. The fraction of sp³-hybridized carbons (Fsp3) is 0.500. The monoisotopic (exact) mass is 203 g/mol. The average molecular weight is 203 g/mol. The highest BCUT2D eigenvalue weighted by molar-refractivity contribution is 5.75. The van der Waals surface area contributed by atoms with Crippen molar-refractivity contribution in [1.29, 1.82) is 0 Å². The van der Waals surface area contributed by atoms with Gasteiger partial charge in [0.2, 0.25) is 0 Å². The summed E-state index contributed by atoms with van der Waals surface area (Å²) < 4.78 is 0. The van der Waals surface area contributed by atoms with Crippen molar-refractivity contribution >= 4 is 5.97 Å². The summed E-state index contributed by atoms with van der Waals surface area (Å²) in [5.41, 5.74) is 0.837. The van der Waals surface area contributed by atoms with Crippen molar-refractivity contribution in [2.24, 2.45) is 11.8 Å². The van der Waals surface area contributed by atoms with Crippen molar-refractivity contribution in [2.45, 2.75) is 24.7 Å². The highest BCUT2D eigenvalue weighted by Gasteiger charge is 2.63. The molecule has 0 amide bonds. The molecule has 3 saturated carbocycles. The first-order valence-corrected chi connectivity index (χ1v) is 5.38. The molecule has 1 aromatic heterocycles. The molecule has 3 fully saturated rings. The lowest BCUT2D eigenvalue weighted by atomic mass is 9.58. The Kier molecular flexibility index (Phi) is 1.67. The predicted octanol–water partition coefficient (Wildman–Crippen LogP) is 1.83. The number of carboxylic acid groups (broad SMARTS) is 1. The molecule has 3 unspecified atom stereocenters. The Balaban J connectivity index is 2.02. The van der Waals surface area contributed by atoms with E-state index in [1.807, 2.05) is 18.2 Å². The zero-order chi connectivity index (χ0) is 10.5. The van der Waals surface area contributed by atoms with Crippen LogP contribution in [-0.2, 0) is 10.2 Å². The highest BCUT2D eigenvalue weighted by atomic mass is 16.4. The van der Waals surface area contributed by atoms with Gasteiger partial charge in [-0.2, -0.15) is 0 Å². The Morgan fingerprint density at radius 1 is 1.53 bits per heavy atom. The van der Waals surface area contributed by atoms with Crippen LogP contribution in [0.4, 0.5) is 0 Å². The SMILES string of the molecule is O=C(O)C1C2CCC1(c1ccccn1)C2. The molecule has 2 bridgehead atoms. The van der Waals surface area contributed by atoms with E-state index < -0.39 is 5.97 Å². The number of aromatic nitrogens is 1. The second-order valence-corrected chi connectivity index (χ2v) is 4.69. The molecule has 1 N–H and O–H groups in total. The Labute approximate surface area is 88.1 Å². The van der Waals surface area contributed by atoms with Crippen LogP contribution >= 0.6 is 0 Å². The van der Waals surface area contributed by atoms with Gasteiger partial charge >= 0.3 is 5.97 Å². The smallest absolute Gasteiger partial charge is 0.307 e. The van der Waals surface area contributed by atoms with Gasteiger partial charge in [-0.05, 0) is 37.3 Å². The van der Waals surface area contributed by atoms with E-state index in [0.717, 1.165) is 25.0 Å². The van der Waals surface area contributed by atoms with Gasteiger partial charge in [-0.25, -0.2) is 0 Å². The van der Waals surface area contributed by atoms with Crippen LogP contribution in [0.1, 0.15) is 25.0 Å². The first kappa shape index (κ1) is 8.89. The molecule has 0 saturated heterocycles. The lowest BCUT2D eigenvalue weighted by molar-refractivity contribution is -0.150. The maximum atomic E-state index is 11.2. The normalized spacial score (nSPS) is 37.3. The molecule has 3 heteroatoms. The summed E-state index contributed by atoms with van der Waals surface area (Å²) in [6.07, 6.45) is 4.81. The lowest BCUT2D eigenvalue weighted by Gasteiger charge is -2.44. The van der Waals surface area contributed by atoms with E-state index in [9.17, 15) is 9.90 Å². The molecule has 15 heavy (non-hydrogen) atoms. The molecule has 3 atom stereocenters. The van der Waals surface area contributed by atoms with E-state index in [4.69, 9.17) is 0 Å². The van der Waals surface area contributed by atoms with Gasteiger partial charge in [-0.15, -0.1) is 0 Å². The molecule has 0 aromatic carbocycles. The van der Waals surface area contributed by atoms with E-state index in [2.05, 4.69) is 4.98 Å². The second-order valence-electron chi connectivity index (χ2n) is 4.69. The first-order chi connectivity index (χ1) is 7.24. The van der Waals surface area contributed by atoms with Crippen molar-refractivity contribution in [3.8, 4) is 0 Å². The third kappa shape index (κ3) is 1.01. The number of rotatable bonds is 2. The Morgan fingerprint density at radius 2 is 2.40 bits per heavy atom. The van der Waals surface area contributed by atoms with Crippen LogP contribution < -0.4 is 0 Å². The fourth-order valence-corrected chi connectivity index (χ4v) is 3.46. The number of carbonyl (C=O) groups is 1. The van der Waals surface area contributed by atoms with E-state index in [1.165, 1.54) is 0 Å². The maximum Gasteiger partial charge on any atom is 0.307 e. The molecule has 3 aliphatic carbocycles. The van der Waals surface area contributed by atoms with Crippen molar-refractivity contribution < 1.29 is 9.90 Å². The van der Waals surface area contributed by atoms with E-state index in [0.29, 0.717) is 5.92 Å². The van der Waals surface area contributed by atoms with Crippen LogP contribution in [-0.4, -0.2) is 16.1 Å². The molecular formula is C12H13NO2. The summed E-state index contributed by atoms with van der Waals surface area (Å²) in [4.78, 5) is 15.5. The molecule has 0 radical (unpaired) electrons. The standard InChI is InChI=1S/C12H13NO2/c14-11(15)10-8-4-5-12(10,7-8)9-3-1-2-6-13-9/h1-3,6,8,10H,4-5,7H2,(H,14,15). The molecule has 0 spiro atoms. The average Bonchev–Trinajstić information content (AvgIpc) is 2.76. The highest BCUT2D eigenvalue weighted by Crippen LogP contribution is 2.63. The second kappa shape index (κ2) is 2.81. The molecular weight excluding hydrogens is 190 g/mol. The van der Waals surface area contributed by atoms with Gasteiger partial charge in [0.1, 0.15) is 0 Å². The third-order valence-corrected chi connectivity index (χ3v) is 4.10. The summed E-state index contributed by atoms with van der Waals surface area (Å²) in [5.74, 6) is -0.439. The van der Waals surface area contributed by atoms with Gasteiger partial charge in [0.25, 0.3) is 0 Å². The number of pyridine rings is 1. The van der Waals surface area contributed by atoms with Crippen molar-refractivity contribution in [3.05, 3.63) is 30.1 Å². The summed E-state index contributed by atoms with van der Waals surface area (Å²) >= 11 is 0. The number of hydrogen-bond donors (Lipinski definition) is 1. The summed E-state index contributed by atoms with van der Waals surface area (Å²) in [6.45, 7) is 0.